The van der Waals surface area contributed by atoms with Crippen molar-refractivity contribution in [3.05, 3.63) is 28.8 Å². The number of rotatable bonds is 3. The molecule has 1 aliphatic rings. The summed E-state index contributed by atoms with van der Waals surface area (Å²) in [5.74, 6) is 0. The first-order valence-corrected chi connectivity index (χ1v) is 8.43. The minimum absolute atomic E-state index is 0.0274. The van der Waals surface area contributed by atoms with Crippen LogP contribution in [0, 0.1) is 11.3 Å². The quantitative estimate of drug-likeness (QED) is 0.921. The van der Waals surface area contributed by atoms with Gasteiger partial charge in [-0.1, -0.05) is 11.6 Å². The molecular formula is C14H17ClN2O3S. The zero-order valence-electron chi connectivity index (χ0n) is 11.9. The number of nitrogens with zero attached hydrogens (tertiary/aromatic N) is 2. The van der Waals surface area contributed by atoms with Crippen molar-refractivity contribution in [1.29, 1.82) is 5.26 Å². The van der Waals surface area contributed by atoms with Crippen molar-refractivity contribution >= 4 is 21.6 Å². The van der Waals surface area contributed by atoms with Crippen LogP contribution in [0.4, 0.5) is 0 Å². The highest BCUT2D eigenvalue weighted by Gasteiger charge is 2.42. The smallest absolute Gasteiger partial charge is 0.243 e. The highest BCUT2D eigenvalue weighted by molar-refractivity contribution is 7.89. The molecule has 0 saturated carbocycles. The van der Waals surface area contributed by atoms with E-state index < -0.39 is 21.7 Å². The number of sulfonamides is 1. The van der Waals surface area contributed by atoms with Gasteiger partial charge >= 0.3 is 0 Å². The molecule has 0 bridgehead atoms. The lowest BCUT2D eigenvalue weighted by Gasteiger charge is -2.33. The summed E-state index contributed by atoms with van der Waals surface area (Å²) in [5, 5.41) is 19.4. The zero-order valence-corrected chi connectivity index (χ0v) is 13.4. The SMILES string of the molecule is CC(C)(O)C1CCCN1S(=O)(=O)c1ccc(Cl)c(C#N)c1. The summed E-state index contributed by atoms with van der Waals surface area (Å²) < 4.78 is 26.8. The van der Waals surface area contributed by atoms with E-state index in [9.17, 15) is 13.5 Å². The molecule has 1 aliphatic heterocycles. The number of nitriles is 1. The highest BCUT2D eigenvalue weighted by Crippen LogP contribution is 2.32. The third-order valence-electron chi connectivity index (χ3n) is 3.68. The maximum absolute atomic E-state index is 12.7. The molecule has 0 aromatic heterocycles. The number of aliphatic hydroxyl groups is 1. The maximum Gasteiger partial charge on any atom is 0.243 e. The molecule has 114 valence electrons. The van der Waals surface area contributed by atoms with Gasteiger partial charge in [-0.05, 0) is 44.9 Å². The molecule has 1 unspecified atom stereocenters. The first kappa shape index (κ1) is 16.2. The topological polar surface area (TPSA) is 81.4 Å². The van der Waals surface area contributed by atoms with Gasteiger partial charge < -0.3 is 5.11 Å². The summed E-state index contributed by atoms with van der Waals surface area (Å²) in [7, 11) is -3.76. The molecule has 1 heterocycles. The molecule has 7 heteroatoms. The summed E-state index contributed by atoms with van der Waals surface area (Å²) in [6, 6.07) is 5.47. The summed E-state index contributed by atoms with van der Waals surface area (Å²) in [4.78, 5) is 0.0274. The predicted octanol–water partition coefficient (Wildman–Crippen LogP) is 2.14. The van der Waals surface area contributed by atoms with Crippen LogP contribution in [0.3, 0.4) is 0 Å². The average Bonchev–Trinajstić information content (AvgIpc) is 2.88. The summed E-state index contributed by atoms with van der Waals surface area (Å²) in [6.07, 6.45) is 1.31. The van der Waals surface area contributed by atoms with Gasteiger partial charge in [-0.3, -0.25) is 0 Å². The molecule has 1 aromatic rings. The Bertz CT molecular complexity index is 689. The Labute approximate surface area is 129 Å². The molecular weight excluding hydrogens is 312 g/mol. The lowest BCUT2D eigenvalue weighted by atomic mass is 9.98. The van der Waals surface area contributed by atoms with Crippen LogP contribution in [-0.4, -0.2) is 36.0 Å². The molecule has 1 saturated heterocycles. The van der Waals surface area contributed by atoms with Crippen LogP contribution in [0.25, 0.3) is 0 Å². The summed E-state index contributed by atoms with van der Waals surface area (Å²) in [6.45, 7) is 3.57. The second-order valence-electron chi connectivity index (χ2n) is 5.68. The highest BCUT2D eigenvalue weighted by atomic mass is 35.5. The molecule has 1 N–H and O–H groups in total. The van der Waals surface area contributed by atoms with Crippen LogP contribution in [0.5, 0.6) is 0 Å². The molecule has 0 amide bonds. The Morgan fingerprint density at radius 1 is 1.48 bits per heavy atom. The van der Waals surface area contributed by atoms with Gasteiger partial charge in [-0.25, -0.2) is 8.42 Å². The van der Waals surface area contributed by atoms with E-state index in [0.29, 0.717) is 19.4 Å². The van der Waals surface area contributed by atoms with Gasteiger partial charge in [0.2, 0.25) is 10.0 Å². The average molecular weight is 329 g/mol. The monoisotopic (exact) mass is 328 g/mol. The Morgan fingerprint density at radius 2 is 2.14 bits per heavy atom. The first-order chi connectivity index (χ1) is 9.67. The van der Waals surface area contributed by atoms with Crippen molar-refractivity contribution in [1.82, 2.24) is 4.31 Å². The van der Waals surface area contributed by atoms with Crippen molar-refractivity contribution in [3.63, 3.8) is 0 Å². The fourth-order valence-electron chi connectivity index (χ4n) is 2.62. The van der Waals surface area contributed by atoms with Gasteiger partial charge in [0.25, 0.3) is 0 Å². The van der Waals surface area contributed by atoms with Crippen LogP contribution < -0.4 is 0 Å². The molecule has 5 nitrogen and oxygen atoms in total. The van der Waals surface area contributed by atoms with E-state index in [1.54, 1.807) is 13.8 Å². The van der Waals surface area contributed by atoms with Crippen LogP contribution in [-0.2, 0) is 10.0 Å². The van der Waals surface area contributed by atoms with Crippen LogP contribution in [0.15, 0.2) is 23.1 Å². The molecule has 2 rings (SSSR count). The van der Waals surface area contributed by atoms with E-state index in [2.05, 4.69) is 0 Å². The second kappa shape index (κ2) is 5.58. The fraction of sp³-hybridized carbons (Fsp3) is 0.500. The van der Waals surface area contributed by atoms with Crippen molar-refractivity contribution in [3.8, 4) is 6.07 Å². The van der Waals surface area contributed by atoms with Crippen LogP contribution in [0.2, 0.25) is 5.02 Å². The normalized spacial score (nSPS) is 20.4. The molecule has 21 heavy (non-hydrogen) atoms. The van der Waals surface area contributed by atoms with Gasteiger partial charge in [0.1, 0.15) is 6.07 Å². The standard InChI is InChI=1S/C14H17ClN2O3S/c1-14(2,18)13-4-3-7-17(13)21(19,20)11-5-6-12(15)10(8-11)9-16/h5-6,8,13,18H,3-4,7H2,1-2H3. The molecule has 0 radical (unpaired) electrons. The summed E-state index contributed by atoms with van der Waals surface area (Å²) >= 11 is 5.84. The second-order valence-corrected chi connectivity index (χ2v) is 7.98. The largest absolute Gasteiger partial charge is 0.389 e. The van der Waals surface area contributed by atoms with E-state index >= 15 is 0 Å². The number of benzene rings is 1. The van der Waals surface area contributed by atoms with Crippen molar-refractivity contribution in [2.45, 2.75) is 43.2 Å². The van der Waals surface area contributed by atoms with Gasteiger partial charge in [0, 0.05) is 6.54 Å². The van der Waals surface area contributed by atoms with E-state index in [1.807, 2.05) is 6.07 Å². The first-order valence-electron chi connectivity index (χ1n) is 6.62. The molecule has 0 spiro atoms. The van der Waals surface area contributed by atoms with Gasteiger partial charge in [0.15, 0.2) is 0 Å². The number of hydrogen-bond acceptors (Lipinski definition) is 4. The zero-order chi connectivity index (χ0) is 15.8. The van der Waals surface area contributed by atoms with Gasteiger partial charge in [0.05, 0.1) is 27.1 Å². The van der Waals surface area contributed by atoms with Crippen molar-refractivity contribution in [2.75, 3.05) is 6.54 Å². The van der Waals surface area contributed by atoms with Crippen LogP contribution >= 0.6 is 11.6 Å². The van der Waals surface area contributed by atoms with E-state index in [0.717, 1.165) is 0 Å². The number of halogens is 1. The number of hydrogen-bond donors (Lipinski definition) is 1. The molecule has 0 aliphatic carbocycles. The fourth-order valence-corrected chi connectivity index (χ4v) is 4.62. The molecule has 1 fully saturated rings. The van der Waals surface area contributed by atoms with Crippen molar-refractivity contribution < 1.29 is 13.5 Å². The molecule has 1 aromatic carbocycles. The molecule has 1 atom stereocenters. The van der Waals surface area contributed by atoms with Gasteiger partial charge in [-0.15, -0.1) is 0 Å². The summed E-state index contributed by atoms with van der Waals surface area (Å²) in [5.41, 5.74) is -0.995. The maximum atomic E-state index is 12.7. The lowest BCUT2D eigenvalue weighted by molar-refractivity contribution is 0.0215. The lowest BCUT2D eigenvalue weighted by Crippen LogP contribution is -2.48. The van der Waals surface area contributed by atoms with Crippen molar-refractivity contribution in [2.24, 2.45) is 0 Å². The Kier molecular flexibility index (Phi) is 4.31. The van der Waals surface area contributed by atoms with E-state index in [1.165, 1.54) is 22.5 Å². The minimum atomic E-state index is -3.76. The third kappa shape index (κ3) is 3.06. The third-order valence-corrected chi connectivity index (χ3v) is 5.92. The van der Waals surface area contributed by atoms with E-state index in [4.69, 9.17) is 16.9 Å². The Morgan fingerprint density at radius 3 is 2.71 bits per heavy atom. The van der Waals surface area contributed by atoms with Crippen LogP contribution in [0.1, 0.15) is 32.3 Å². The van der Waals surface area contributed by atoms with E-state index in [-0.39, 0.29) is 15.5 Å². The predicted molar refractivity (Wildman–Crippen MR) is 79.4 cm³/mol. The Hall–Kier alpha value is -1.13. The van der Waals surface area contributed by atoms with Gasteiger partial charge in [-0.2, -0.15) is 9.57 Å². The Balaban J connectivity index is 2.45. The minimum Gasteiger partial charge on any atom is -0.389 e.